The minimum Gasteiger partial charge on any atom is -0.444 e. The Balaban J connectivity index is 1.82. The highest BCUT2D eigenvalue weighted by molar-refractivity contribution is 5.69. The molecular weight excluding hydrogens is 198 g/mol. The molecule has 2 aliphatic heterocycles. The van der Waals surface area contributed by atoms with Crippen molar-refractivity contribution in [1.29, 1.82) is 0 Å². The molecule has 0 radical (unpaired) electrons. The van der Waals surface area contributed by atoms with Gasteiger partial charge in [0.2, 0.25) is 0 Å². The molecule has 0 aromatic carbocycles. The molecule has 1 spiro atoms. The third-order valence-corrected chi connectivity index (χ3v) is 2.70. The molecular formula is C10H17NO4. The van der Waals surface area contributed by atoms with E-state index < -0.39 is 17.3 Å². The number of hydrogen-bond acceptors (Lipinski definition) is 4. The zero-order valence-electron chi connectivity index (χ0n) is 9.32. The number of ether oxygens (including phenoxy) is 2. The number of rotatable bonds is 0. The maximum absolute atomic E-state index is 11.5. The van der Waals surface area contributed by atoms with Crippen molar-refractivity contribution < 1.29 is 19.4 Å². The Morgan fingerprint density at radius 3 is 2.47 bits per heavy atom. The van der Waals surface area contributed by atoms with Gasteiger partial charge in [-0.05, 0) is 20.8 Å². The largest absolute Gasteiger partial charge is 0.444 e. The highest BCUT2D eigenvalue weighted by Crippen LogP contribution is 2.36. The number of aliphatic hydroxyl groups excluding tert-OH is 1. The lowest BCUT2D eigenvalue weighted by Crippen LogP contribution is -2.76. The number of carbonyl (C=O) groups is 1. The van der Waals surface area contributed by atoms with Crippen molar-refractivity contribution in [3.05, 3.63) is 0 Å². The summed E-state index contributed by atoms with van der Waals surface area (Å²) in [6, 6.07) is 0. The van der Waals surface area contributed by atoms with E-state index in [0.29, 0.717) is 19.7 Å². The molecule has 2 saturated heterocycles. The molecule has 0 aliphatic carbocycles. The van der Waals surface area contributed by atoms with E-state index in [9.17, 15) is 9.90 Å². The normalized spacial score (nSPS) is 28.3. The summed E-state index contributed by atoms with van der Waals surface area (Å²) in [5.41, 5.74) is -0.962. The fraction of sp³-hybridized carbons (Fsp3) is 0.900. The third-order valence-electron chi connectivity index (χ3n) is 2.70. The van der Waals surface area contributed by atoms with Gasteiger partial charge < -0.3 is 19.5 Å². The zero-order chi connectivity index (χ0) is 11.3. The van der Waals surface area contributed by atoms with Crippen LogP contribution in [-0.4, -0.2) is 53.1 Å². The van der Waals surface area contributed by atoms with E-state index in [0.717, 1.165) is 0 Å². The van der Waals surface area contributed by atoms with Gasteiger partial charge in [0.15, 0.2) is 0 Å². The van der Waals surface area contributed by atoms with Crippen molar-refractivity contribution in [1.82, 2.24) is 4.90 Å². The molecule has 1 N–H and O–H groups in total. The summed E-state index contributed by atoms with van der Waals surface area (Å²) in [5.74, 6) is 0. The van der Waals surface area contributed by atoms with E-state index >= 15 is 0 Å². The summed E-state index contributed by atoms with van der Waals surface area (Å²) >= 11 is 0. The number of carbonyl (C=O) groups excluding carboxylic acids is 1. The number of aliphatic hydroxyl groups is 1. The number of amides is 1. The van der Waals surface area contributed by atoms with Gasteiger partial charge >= 0.3 is 6.09 Å². The first-order chi connectivity index (χ1) is 6.82. The van der Waals surface area contributed by atoms with Crippen molar-refractivity contribution in [2.75, 3.05) is 19.7 Å². The van der Waals surface area contributed by atoms with E-state index in [1.54, 1.807) is 4.90 Å². The average molecular weight is 215 g/mol. The fourth-order valence-corrected chi connectivity index (χ4v) is 1.75. The predicted octanol–water partition coefficient (Wildman–Crippen LogP) is 0.367. The van der Waals surface area contributed by atoms with E-state index in [1.165, 1.54) is 0 Å². The standard InChI is InChI=1S/C10H17NO4/c1-9(2,3)15-8(13)11-5-10(6-11)7(12)4-14-10/h7,12H,4-6H2,1-3H3/t7-/m1/s1. The Morgan fingerprint density at radius 2 is 2.13 bits per heavy atom. The van der Waals surface area contributed by atoms with Gasteiger partial charge in [-0.25, -0.2) is 4.79 Å². The number of nitrogens with zero attached hydrogens (tertiary/aromatic N) is 1. The Bertz CT molecular complexity index is 278. The second-order valence-electron chi connectivity index (χ2n) is 5.23. The van der Waals surface area contributed by atoms with Crippen molar-refractivity contribution >= 4 is 6.09 Å². The van der Waals surface area contributed by atoms with Crippen molar-refractivity contribution in [2.45, 2.75) is 38.1 Å². The molecule has 0 unspecified atom stereocenters. The molecule has 0 bridgehead atoms. The lowest BCUT2D eigenvalue weighted by Gasteiger charge is -2.57. The molecule has 2 aliphatic rings. The van der Waals surface area contributed by atoms with Gasteiger partial charge in [-0.1, -0.05) is 0 Å². The first kappa shape index (κ1) is 10.7. The lowest BCUT2D eigenvalue weighted by atomic mass is 9.84. The van der Waals surface area contributed by atoms with Crippen LogP contribution in [0.25, 0.3) is 0 Å². The topological polar surface area (TPSA) is 59.0 Å². The maximum Gasteiger partial charge on any atom is 0.410 e. The Morgan fingerprint density at radius 1 is 1.53 bits per heavy atom. The summed E-state index contributed by atoms with van der Waals surface area (Å²) in [6.07, 6.45) is -0.771. The van der Waals surface area contributed by atoms with E-state index in [-0.39, 0.29) is 6.09 Å². The van der Waals surface area contributed by atoms with Gasteiger partial charge in [-0.15, -0.1) is 0 Å². The summed E-state index contributed by atoms with van der Waals surface area (Å²) in [4.78, 5) is 13.1. The molecule has 2 fully saturated rings. The molecule has 2 heterocycles. The van der Waals surface area contributed by atoms with Crippen LogP contribution in [0, 0.1) is 0 Å². The summed E-state index contributed by atoms with van der Waals surface area (Å²) < 4.78 is 10.5. The highest BCUT2D eigenvalue weighted by atomic mass is 16.6. The highest BCUT2D eigenvalue weighted by Gasteiger charge is 2.58. The SMILES string of the molecule is CC(C)(C)OC(=O)N1CC2(C1)OC[C@H]2O. The predicted molar refractivity (Wildman–Crippen MR) is 52.5 cm³/mol. The van der Waals surface area contributed by atoms with Crippen LogP contribution in [-0.2, 0) is 9.47 Å². The minimum absolute atomic E-state index is 0.337. The van der Waals surface area contributed by atoms with Crippen LogP contribution in [0.1, 0.15) is 20.8 Å². The summed E-state index contributed by atoms with van der Waals surface area (Å²) in [7, 11) is 0. The van der Waals surface area contributed by atoms with Gasteiger partial charge in [0, 0.05) is 0 Å². The Kier molecular flexibility index (Phi) is 2.20. The minimum atomic E-state index is -0.489. The Labute approximate surface area is 89.0 Å². The molecule has 5 nitrogen and oxygen atoms in total. The van der Waals surface area contributed by atoms with Crippen LogP contribution < -0.4 is 0 Å². The summed E-state index contributed by atoms with van der Waals surface area (Å²) in [5, 5.41) is 9.45. The van der Waals surface area contributed by atoms with Gasteiger partial charge in [-0.3, -0.25) is 0 Å². The molecule has 86 valence electrons. The summed E-state index contributed by atoms with van der Waals surface area (Å²) in [6.45, 7) is 6.73. The molecule has 5 heteroatoms. The van der Waals surface area contributed by atoms with Crippen LogP contribution in [0.2, 0.25) is 0 Å². The maximum atomic E-state index is 11.5. The van der Waals surface area contributed by atoms with Crippen LogP contribution >= 0.6 is 0 Å². The van der Waals surface area contributed by atoms with Gasteiger partial charge in [0.1, 0.15) is 17.3 Å². The van der Waals surface area contributed by atoms with Crippen molar-refractivity contribution in [3.8, 4) is 0 Å². The van der Waals surface area contributed by atoms with E-state index in [4.69, 9.17) is 9.47 Å². The molecule has 0 saturated carbocycles. The fourth-order valence-electron chi connectivity index (χ4n) is 1.75. The van der Waals surface area contributed by atoms with Crippen LogP contribution in [0.15, 0.2) is 0 Å². The second kappa shape index (κ2) is 3.09. The van der Waals surface area contributed by atoms with Crippen LogP contribution in [0.3, 0.4) is 0 Å². The second-order valence-corrected chi connectivity index (χ2v) is 5.23. The molecule has 0 aromatic rings. The number of hydrogen-bond donors (Lipinski definition) is 1. The van der Waals surface area contributed by atoms with Gasteiger partial charge in [-0.2, -0.15) is 0 Å². The first-order valence-electron chi connectivity index (χ1n) is 5.12. The van der Waals surface area contributed by atoms with Crippen LogP contribution in [0.5, 0.6) is 0 Å². The molecule has 1 atom stereocenters. The van der Waals surface area contributed by atoms with E-state index in [1.807, 2.05) is 20.8 Å². The molecule has 0 aromatic heterocycles. The monoisotopic (exact) mass is 215 g/mol. The third kappa shape index (κ3) is 1.81. The van der Waals surface area contributed by atoms with E-state index in [2.05, 4.69) is 0 Å². The molecule has 2 rings (SSSR count). The molecule has 1 amide bonds. The van der Waals surface area contributed by atoms with Crippen molar-refractivity contribution in [2.24, 2.45) is 0 Å². The van der Waals surface area contributed by atoms with Gasteiger partial charge in [0.25, 0.3) is 0 Å². The molecule has 15 heavy (non-hydrogen) atoms. The van der Waals surface area contributed by atoms with Gasteiger partial charge in [0.05, 0.1) is 19.7 Å². The quantitative estimate of drug-likeness (QED) is 0.634. The number of likely N-dealkylation sites (tertiary alicyclic amines) is 1. The van der Waals surface area contributed by atoms with Crippen molar-refractivity contribution in [3.63, 3.8) is 0 Å². The average Bonchev–Trinajstić information content (AvgIpc) is 1.95. The lowest BCUT2D eigenvalue weighted by molar-refractivity contribution is -0.285. The Hall–Kier alpha value is -0.810. The smallest absolute Gasteiger partial charge is 0.410 e. The zero-order valence-corrected chi connectivity index (χ0v) is 9.32. The first-order valence-corrected chi connectivity index (χ1v) is 5.12. The van der Waals surface area contributed by atoms with Crippen LogP contribution in [0.4, 0.5) is 4.79 Å².